The zero-order valence-corrected chi connectivity index (χ0v) is 10.7. The summed E-state index contributed by atoms with van der Waals surface area (Å²) in [6, 6.07) is 1.50. The second kappa shape index (κ2) is 6.56. The molecule has 1 N–H and O–H groups in total. The highest BCUT2D eigenvalue weighted by atomic mass is 19.4. The molecule has 0 aliphatic carbocycles. The third-order valence-electron chi connectivity index (χ3n) is 2.59. The van der Waals surface area contributed by atoms with Crippen LogP contribution in [-0.2, 0) is 22.3 Å². The van der Waals surface area contributed by atoms with Gasteiger partial charge in [0.2, 0.25) is 0 Å². The number of carboxylic acids is 1. The van der Waals surface area contributed by atoms with Crippen LogP contribution in [-0.4, -0.2) is 28.4 Å². The van der Waals surface area contributed by atoms with Crippen LogP contribution in [0.4, 0.5) is 13.2 Å². The van der Waals surface area contributed by atoms with Gasteiger partial charge in [0.1, 0.15) is 0 Å². The molecule has 0 amide bonds. The normalized spacial score (nSPS) is 13.2. The molecule has 112 valence electrons. The van der Waals surface area contributed by atoms with Gasteiger partial charge in [-0.2, -0.15) is 13.2 Å². The highest BCUT2D eigenvalue weighted by Gasteiger charge is 2.31. The Balaban J connectivity index is 2.87. The third-order valence-corrected chi connectivity index (χ3v) is 2.59. The molecular formula is C12H14F3NO4. The van der Waals surface area contributed by atoms with Crippen molar-refractivity contribution in [1.82, 2.24) is 4.57 Å². The predicted octanol–water partition coefficient (Wildman–Crippen LogP) is 1.75. The van der Waals surface area contributed by atoms with Gasteiger partial charge in [-0.1, -0.05) is 0 Å². The first-order valence-electron chi connectivity index (χ1n) is 5.87. The molecule has 5 nitrogen and oxygen atoms in total. The standard InChI is InChI=1S/C12H14F3NO4/c1-2-20-9(11(18)19)5-6-16-7-8(12(13,14)15)3-4-10(16)17/h3-4,7,9H,2,5-6H2,1H3,(H,18,19). The van der Waals surface area contributed by atoms with Crippen LogP contribution >= 0.6 is 0 Å². The number of aromatic nitrogens is 1. The first kappa shape index (κ1) is 16.2. The summed E-state index contributed by atoms with van der Waals surface area (Å²) >= 11 is 0. The zero-order chi connectivity index (χ0) is 15.3. The fraction of sp³-hybridized carbons (Fsp3) is 0.500. The Labute approximate surface area is 112 Å². The second-order valence-corrected chi connectivity index (χ2v) is 4.02. The van der Waals surface area contributed by atoms with E-state index < -0.39 is 29.4 Å². The predicted molar refractivity (Wildman–Crippen MR) is 63.4 cm³/mol. The molecule has 1 heterocycles. The molecule has 1 atom stereocenters. The maximum absolute atomic E-state index is 12.5. The van der Waals surface area contributed by atoms with E-state index in [4.69, 9.17) is 9.84 Å². The van der Waals surface area contributed by atoms with Crippen LogP contribution in [0.25, 0.3) is 0 Å². The minimum Gasteiger partial charge on any atom is -0.479 e. The molecule has 1 aromatic heterocycles. The number of halogens is 3. The number of carboxylic acid groups (broad SMARTS) is 1. The molecule has 20 heavy (non-hydrogen) atoms. The van der Waals surface area contributed by atoms with E-state index in [0.717, 1.165) is 10.6 Å². The van der Waals surface area contributed by atoms with Crippen molar-refractivity contribution < 1.29 is 27.8 Å². The second-order valence-electron chi connectivity index (χ2n) is 4.02. The number of carbonyl (C=O) groups is 1. The SMILES string of the molecule is CCOC(CCn1cc(C(F)(F)F)ccc1=O)C(=O)O. The van der Waals surface area contributed by atoms with Crippen molar-refractivity contribution >= 4 is 5.97 Å². The molecule has 0 aliphatic rings. The van der Waals surface area contributed by atoms with Gasteiger partial charge in [-0.3, -0.25) is 4.79 Å². The Morgan fingerprint density at radius 1 is 1.45 bits per heavy atom. The molecule has 0 saturated carbocycles. The lowest BCUT2D eigenvalue weighted by atomic mass is 10.2. The first-order valence-corrected chi connectivity index (χ1v) is 5.87. The Bertz CT molecular complexity index is 524. The van der Waals surface area contributed by atoms with Gasteiger partial charge >= 0.3 is 12.1 Å². The van der Waals surface area contributed by atoms with Crippen molar-refractivity contribution in [1.29, 1.82) is 0 Å². The molecule has 0 aromatic carbocycles. The number of pyridine rings is 1. The first-order chi connectivity index (χ1) is 9.25. The smallest absolute Gasteiger partial charge is 0.417 e. The Morgan fingerprint density at radius 3 is 2.60 bits per heavy atom. The average molecular weight is 293 g/mol. The van der Waals surface area contributed by atoms with Crippen LogP contribution in [0.3, 0.4) is 0 Å². The van der Waals surface area contributed by atoms with Crippen molar-refractivity contribution in [3.05, 3.63) is 34.2 Å². The molecule has 0 fully saturated rings. The lowest BCUT2D eigenvalue weighted by Gasteiger charge is -2.14. The minimum atomic E-state index is -4.55. The number of hydrogen-bond donors (Lipinski definition) is 1. The summed E-state index contributed by atoms with van der Waals surface area (Å²) in [7, 11) is 0. The molecular weight excluding hydrogens is 279 g/mol. The number of nitrogens with zero attached hydrogens (tertiary/aromatic N) is 1. The summed E-state index contributed by atoms with van der Waals surface area (Å²) in [6.07, 6.45) is -5.12. The minimum absolute atomic E-state index is 0.0929. The van der Waals surface area contributed by atoms with Crippen molar-refractivity contribution in [2.75, 3.05) is 6.61 Å². The quantitative estimate of drug-likeness (QED) is 0.867. The van der Waals surface area contributed by atoms with Crippen LogP contribution in [0.15, 0.2) is 23.1 Å². The van der Waals surface area contributed by atoms with Crippen molar-refractivity contribution in [3.8, 4) is 0 Å². The van der Waals surface area contributed by atoms with Gasteiger partial charge in [0.05, 0.1) is 5.56 Å². The average Bonchev–Trinajstić information content (AvgIpc) is 2.34. The molecule has 1 aromatic rings. The van der Waals surface area contributed by atoms with Gasteiger partial charge in [0.15, 0.2) is 6.10 Å². The van der Waals surface area contributed by atoms with Gasteiger partial charge in [0, 0.05) is 31.8 Å². The molecule has 8 heteroatoms. The van der Waals surface area contributed by atoms with E-state index in [2.05, 4.69) is 0 Å². The molecule has 1 rings (SSSR count). The Morgan fingerprint density at radius 2 is 2.10 bits per heavy atom. The van der Waals surface area contributed by atoms with Crippen molar-refractivity contribution in [2.24, 2.45) is 0 Å². The molecule has 0 saturated heterocycles. The highest BCUT2D eigenvalue weighted by molar-refractivity contribution is 5.72. The van der Waals surface area contributed by atoms with Crippen LogP contribution in [0, 0.1) is 0 Å². The molecule has 0 radical (unpaired) electrons. The van der Waals surface area contributed by atoms with Crippen LogP contribution in [0.1, 0.15) is 18.9 Å². The van der Waals surface area contributed by atoms with Gasteiger partial charge in [0.25, 0.3) is 5.56 Å². The third kappa shape index (κ3) is 4.37. The van der Waals surface area contributed by atoms with Crippen LogP contribution in [0.2, 0.25) is 0 Å². The fourth-order valence-corrected chi connectivity index (χ4v) is 1.61. The van der Waals surface area contributed by atoms with Gasteiger partial charge in [-0.25, -0.2) is 4.79 Å². The van der Waals surface area contributed by atoms with Gasteiger partial charge < -0.3 is 14.4 Å². The number of hydrogen-bond acceptors (Lipinski definition) is 3. The lowest BCUT2D eigenvalue weighted by molar-refractivity contribution is -0.150. The topological polar surface area (TPSA) is 68.5 Å². The number of ether oxygens (including phenoxy) is 1. The summed E-state index contributed by atoms with van der Waals surface area (Å²) in [5, 5.41) is 8.84. The van der Waals surface area contributed by atoms with Crippen LogP contribution < -0.4 is 5.56 Å². The largest absolute Gasteiger partial charge is 0.479 e. The molecule has 0 aliphatic heterocycles. The fourth-order valence-electron chi connectivity index (χ4n) is 1.61. The Kier molecular flexibility index (Phi) is 5.32. The Hall–Kier alpha value is -1.83. The number of aryl methyl sites for hydroxylation is 1. The van der Waals surface area contributed by atoms with E-state index in [9.17, 15) is 22.8 Å². The maximum atomic E-state index is 12.5. The van der Waals surface area contributed by atoms with Crippen molar-refractivity contribution in [2.45, 2.75) is 32.2 Å². The van der Waals surface area contributed by atoms with E-state index in [-0.39, 0.29) is 19.6 Å². The summed E-state index contributed by atoms with van der Waals surface area (Å²) in [6.45, 7) is 1.60. The van der Waals surface area contributed by atoms with Gasteiger partial charge in [-0.05, 0) is 13.0 Å². The molecule has 0 spiro atoms. The summed E-state index contributed by atoms with van der Waals surface area (Å²) in [5.74, 6) is -1.22. The van der Waals surface area contributed by atoms with E-state index >= 15 is 0 Å². The maximum Gasteiger partial charge on any atom is 0.417 e. The van der Waals surface area contributed by atoms with Crippen molar-refractivity contribution in [3.63, 3.8) is 0 Å². The monoisotopic (exact) mass is 293 g/mol. The van der Waals surface area contributed by atoms with Crippen LogP contribution in [0.5, 0.6) is 0 Å². The van der Waals surface area contributed by atoms with Gasteiger partial charge in [-0.15, -0.1) is 0 Å². The molecule has 0 bridgehead atoms. The van der Waals surface area contributed by atoms with E-state index in [0.29, 0.717) is 12.3 Å². The van der Waals surface area contributed by atoms with E-state index in [1.54, 1.807) is 6.92 Å². The number of aliphatic carboxylic acids is 1. The van der Waals surface area contributed by atoms with E-state index in [1.165, 1.54) is 0 Å². The lowest BCUT2D eigenvalue weighted by Crippen LogP contribution is -2.28. The highest BCUT2D eigenvalue weighted by Crippen LogP contribution is 2.28. The summed E-state index contributed by atoms with van der Waals surface area (Å²) < 4.78 is 43.3. The number of alkyl halides is 3. The van der Waals surface area contributed by atoms with E-state index in [1.807, 2.05) is 0 Å². The number of rotatable bonds is 6. The summed E-state index contributed by atoms with van der Waals surface area (Å²) in [5.41, 5.74) is -1.58. The zero-order valence-electron chi connectivity index (χ0n) is 10.7. The molecule has 1 unspecified atom stereocenters. The summed E-state index contributed by atoms with van der Waals surface area (Å²) in [4.78, 5) is 22.3.